The summed E-state index contributed by atoms with van der Waals surface area (Å²) in [6.45, 7) is 2.01. The largest absolute Gasteiger partial charge is 0.359 e. The van der Waals surface area contributed by atoms with Gasteiger partial charge in [-0.05, 0) is 11.8 Å². The van der Waals surface area contributed by atoms with Crippen molar-refractivity contribution >= 4 is 15.9 Å². The Bertz CT molecular complexity index is 465. The minimum atomic E-state index is 0.420. The number of halogens is 1. The SMILES string of the molecule is Cc1ccc(-c2no[n+]([O-])c2CBr)cc1. The molecule has 5 heteroatoms. The Balaban J connectivity index is 2.49. The Labute approximate surface area is 95.2 Å². The quantitative estimate of drug-likeness (QED) is 0.620. The van der Waals surface area contributed by atoms with Crippen molar-refractivity contribution in [2.75, 3.05) is 0 Å². The maximum Gasteiger partial charge on any atom is 0.252 e. The molecule has 0 atom stereocenters. The van der Waals surface area contributed by atoms with Crippen molar-refractivity contribution in [3.05, 3.63) is 40.7 Å². The molecule has 2 rings (SSSR count). The summed E-state index contributed by atoms with van der Waals surface area (Å²) in [5.41, 5.74) is 3.12. The third kappa shape index (κ3) is 1.87. The van der Waals surface area contributed by atoms with Crippen molar-refractivity contribution in [2.24, 2.45) is 0 Å². The van der Waals surface area contributed by atoms with Gasteiger partial charge in [0.2, 0.25) is 5.69 Å². The average molecular weight is 269 g/mol. The summed E-state index contributed by atoms with van der Waals surface area (Å²) in [7, 11) is 0. The molecule has 4 nitrogen and oxygen atoms in total. The van der Waals surface area contributed by atoms with E-state index in [4.69, 9.17) is 0 Å². The fraction of sp³-hybridized carbons (Fsp3) is 0.200. The summed E-state index contributed by atoms with van der Waals surface area (Å²) in [5.74, 6) is 0. The molecular weight excluding hydrogens is 260 g/mol. The molecule has 0 fully saturated rings. The van der Waals surface area contributed by atoms with E-state index in [0.717, 1.165) is 11.1 Å². The van der Waals surface area contributed by atoms with Crippen LogP contribution in [0.2, 0.25) is 0 Å². The van der Waals surface area contributed by atoms with Gasteiger partial charge in [0.25, 0.3) is 5.69 Å². The Morgan fingerprint density at radius 3 is 2.67 bits per heavy atom. The number of hydrogen-bond acceptors (Lipinski definition) is 3. The van der Waals surface area contributed by atoms with Crippen molar-refractivity contribution in [2.45, 2.75) is 12.3 Å². The van der Waals surface area contributed by atoms with E-state index in [1.54, 1.807) is 0 Å². The van der Waals surface area contributed by atoms with Gasteiger partial charge < -0.3 is 5.21 Å². The third-order valence-electron chi connectivity index (χ3n) is 2.15. The van der Waals surface area contributed by atoms with Crippen LogP contribution in [0.5, 0.6) is 0 Å². The molecule has 0 spiro atoms. The van der Waals surface area contributed by atoms with Crippen LogP contribution in [0, 0.1) is 12.1 Å². The van der Waals surface area contributed by atoms with Crippen LogP contribution in [-0.4, -0.2) is 5.16 Å². The van der Waals surface area contributed by atoms with Crippen LogP contribution < -0.4 is 4.90 Å². The lowest BCUT2D eigenvalue weighted by atomic mass is 10.1. The highest BCUT2D eigenvalue weighted by Crippen LogP contribution is 2.21. The number of nitrogens with zero attached hydrogens (tertiary/aromatic N) is 2. The molecule has 78 valence electrons. The highest BCUT2D eigenvalue weighted by molar-refractivity contribution is 9.08. The van der Waals surface area contributed by atoms with Gasteiger partial charge in [-0.1, -0.05) is 45.8 Å². The van der Waals surface area contributed by atoms with Crippen molar-refractivity contribution < 1.29 is 9.53 Å². The summed E-state index contributed by atoms with van der Waals surface area (Å²) in [4.78, 5) is 0.421. The molecule has 2 aromatic rings. The highest BCUT2D eigenvalue weighted by Gasteiger charge is 2.19. The second kappa shape index (κ2) is 4.02. The van der Waals surface area contributed by atoms with Crippen LogP contribution in [0.25, 0.3) is 11.3 Å². The molecule has 1 heterocycles. The van der Waals surface area contributed by atoms with Crippen LogP contribution in [0.4, 0.5) is 0 Å². The van der Waals surface area contributed by atoms with Gasteiger partial charge in [-0.25, -0.2) is 0 Å². The summed E-state index contributed by atoms with van der Waals surface area (Å²) in [5, 5.41) is 15.3. The lowest BCUT2D eigenvalue weighted by molar-refractivity contribution is -0.807. The summed E-state index contributed by atoms with van der Waals surface area (Å²) in [6.07, 6.45) is 0. The van der Waals surface area contributed by atoms with Crippen LogP contribution in [0.1, 0.15) is 11.3 Å². The Morgan fingerprint density at radius 1 is 1.40 bits per heavy atom. The lowest BCUT2D eigenvalue weighted by Gasteiger charge is -1.95. The van der Waals surface area contributed by atoms with E-state index in [0.29, 0.717) is 21.6 Å². The van der Waals surface area contributed by atoms with Gasteiger partial charge in [-0.2, -0.15) is 0 Å². The summed E-state index contributed by atoms with van der Waals surface area (Å²) >= 11 is 3.23. The second-order valence-corrected chi connectivity index (χ2v) is 3.79. The second-order valence-electron chi connectivity index (χ2n) is 3.23. The molecule has 0 aliphatic heterocycles. The van der Waals surface area contributed by atoms with E-state index in [-0.39, 0.29) is 0 Å². The van der Waals surface area contributed by atoms with Crippen LogP contribution in [0.15, 0.2) is 28.9 Å². The Hall–Kier alpha value is -1.36. The molecule has 15 heavy (non-hydrogen) atoms. The van der Waals surface area contributed by atoms with Crippen molar-refractivity contribution in [3.8, 4) is 11.3 Å². The molecule has 1 aromatic heterocycles. The highest BCUT2D eigenvalue weighted by atomic mass is 79.9. The zero-order valence-electron chi connectivity index (χ0n) is 8.11. The van der Waals surface area contributed by atoms with E-state index in [9.17, 15) is 5.21 Å². The Kier molecular flexibility index (Phi) is 2.73. The minimum Gasteiger partial charge on any atom is -0.359 e. The van der Waals surface area contributed by atoms with E-state index in [2.05, 4.69) is 25.7 Å². The van der Waals surface area contributed by atoms with Crippen molar-refractivity contribution in [1.82, 2.24) is 5.16 Å². The smallest absolute Gasteiger partial charge is 0.252 e. The first-order chi connectivity index (χ1) is 7.22. The zero-order valence-corrected chi connectivity index (χ0v) is 9.69. The van der Waals surface area contributed by atoms with E-state index in [1.807, 2.05) is 31.2 Å². The Morgan fingerprint density at radius 2 is 2.07 bits per heavy atom. The molecule has 0 amide bonds. The summed E-state index contributed by atoms with van der Waals surface area (Å²) < 4.78 is 4.55. The number of hydrogen-bond donors (Lipinski definition) is 0. The molecule has 0 N–H and O–H groups in total. The van der Waals surface area contributed by atoms with Gasteiger partial charge in [0.1, 0.15) is 0 Å². The first-order valence-electron chi connectivity index (χ1n) is 4.44. The standard InChI is InChI=1S/C10H9BrN2O2/c1-7-2-4-8(5-3-7)10-9(6-11)13(14)15-12-10/h2-5H,6H2,1H3. The molecule has 0 aliphatic carbocycles. The predicted octanol–water partition coefficient (Wildman–Crippen LogP) is 2.18. The molecule has 0 unspecified atom stereocenters. The van der Waals surface area contributed by atoms with E-state index >= 15 is 0 Å². The van der Waals surface area contributed by atoms with E-state index in [1.165, 1.54) is 0 Å². The van der Waals surface area contributed by atoms with Gasteiger partial charge in [-0.3, -0.25) is 4.63 Å². The van der Waals surface area contributed by atoms with Gasteiger partial charge in [0, 0.05) is 10.7 Å². The van der Waals surface area contributed by atoms with Gasteiger partial charge in [0.05, 0.1) is 5.33 Å². The molecule has 0 saturated carbocycles. The summed E-state index contributed by atoms with van der Waals surface area (Å²) in [6, 6.07) is 7.77. The van der Waals surface area contributed by atoms with Crippen LogP contribution in [-0.2, 0) is 5.33 Å². The average Bonchev–Trinajstić information content (AvgIpc) is 2.61. The minimum absolute atomic E-state index is 0.420. The molecule has 0 radical (unpaired) electrons. The molecule has 0 bridgehead atoms. The number of aromatic nitrogens is 2. The predicted molar refractivity (Wildman–Crippen MR) is 58.3 cm³/mol. The molecule has 0 aliphatic rings. The van der Waals surface area contributed by atoms with Crippen molar-refractivity contribution in [3.63, 3.8) is 0 Å². The van der Waals surface area contributed by atoms with Gasteiger partial charge in [0.15, 0.2) is 0 Å². The normalized spacial score (nSPS) is 10.5. The molecular formula is C10H9BrN2O2. The van der Waals surface area contributed by atoms with Crippen LogP contribution >= 0.6 is 15.9 Å². The third-order valence-corrected chi connectivity index (χ3v) is 2.68. The topological polar surface area (TPSA) is 53.0 Å². The maximum absolute atomic E-state index is 11.2. The zero-order chi connectivity index (χ0) is 10.8. The lowest BCUT2D eigenvalue weighted by Crippen LogP contribution is -2.27. The number of benzene rings is 1. The van der Waals surface area contributed by atoms with E-state index < -0.39 is 0 Å². The number of alkyl halides is 1. The first kappa shape index (κ1) is 10.2. The maximum atomic E-state index is 11.2. The van der Waals surface area contributed by atoms with Crippen LogP contribution in [0.3, 0.4) is 0 Å². The number of rotatable bonds is 2. The fourth-order valence-electron chi connectivity index (χ4n) is 1.31. The molecule has 0 saturated heterocycles. The van der Waals surface area contributed by atoms with Gasteiger partial charge >= 0.3 is 0 Å². The van der Waals surface area contributed by atoms with Crippen molar-refractivity contribution in [1.29, 1.82) is 0 Å². The van der Waals surface area contributed by atoms with Gasteiger partial charge in [-0.15, -0.1) is 0 Å². The number of aryl methyl sites for hydroxylation is 1. The monoisotopic (exact) mass is 268 g/mol. The first-order valence-corrected chi connectivity index (χ1v) is 5.56. The fourth-order valence-corrected chi connectivity index (χ4v) is 1.78. The molecule has 1 aromatic carbocycles.